The van der Waals surface area contributed by atoms with E-state index in [0.29, 0.717) is 5.95 Å². The third-order valence-corrected chi connectivity index (χ3v) is 4.99. The van der Waals surface area contributed by atoms with Crippen LogP contribution in [-0.4, -0.2) is 20.5 Å². The van der Waals surface area contributed by atoms with Gasteiger partial charge in [-0.1, -0.05) is 55.5 Å². The second-order valence-corrected chi connectivity index (χ2v) is 6.31. The Bertz CT molecular complexity index is 1030. The van der Waals surface area contributed by atoms with Crippen molar-refractivity contribution in [2.45, 2.75) is 19.4 Å². The first kappa shape index (κ1) is 14.2. The second kappa shape index (κ2) is 5.14. The van der Waals surface area contributed by atoms with Gasteiger partial charge in [-0.05, 0) is 17.5 Å². The summed E-state index contributed by atoms with van der Waals surface area (Å²) >= 11 is 0. The minimum Gasteiger partial charge on any atom is -0.323 e. The van der Waals surface area contributed by atoms with Gasteiger partial charge in [0.15, 0.2) is 5.78 Å². The fraction of sp³-hybridized carbons (Fsp3) is 0.150. The lowest BCUT2D eigenvalue weighted by Gasteiger charge is -2.26. The predicted octanol–water partition coefficient (Wildman–Crippen LogP) is 3.46. The number of carbonyl (C=O) groups excluding carboxylic acids is 1. The molecule has 2 aliphatic rings. The van der Waals surface area contributed by atoms with E-state index < -0.39 is 0 Å². The van der Waals surface area contributed by atoms with Crippen LogP contribution in [-0.2, 0) is 6.42 Å². The number of hydrogen-bond acceptors (Lipinski definition) is 4. The number of nitrogens with one attached hydrogen (secondary N) is 1. The molecular formula is C20H16N4O. The van der Waals surface area contributed by atoms with Crippen LogP contribution in [0.15, 0.2) is 60.4 Å². The predicted molar refractivity (Wildman–Crippen MR) is 95.3 cm³/mol. The summed E-state index contributed by atoms with van der Waals surface area (Å²) in [6, 6.07) is 15.8. The molecule has 0 amide bonds. The van der Waals surface area contributed by atoms with Crippen LogP contribution in [0.2, 0.25) is 0 Å². The number of aryl methyl sites for hydroxylation is 1. The molecule has 1 atom stereocenters. The summed E-state index contributed by atoms with van der Waals surface area (Å²) < 4.78 is 1.80. The molecule has 1 aliphatic carbocycles. The van der Waals surface area contributed by atoms with Crippen LogP contribution in [0, 0.1) is 0 Å². The molecular weight excluding hydrogens is 312 g/mol. The van der Waals surface area contributed by atoms with E-state index in [1.165, 1.54) is 11.9 Å². The lowest BCUT2D eigenvalue weighted by molar-refractivity contribution is 0.102. The topological polar surface area (TPSA) is 59.8 Å². The molecule has 25 heavy (non-hydrogen) atoms. The van der Waals surface area contributed by atoms with Crippen molar-refractivity contribution in [1.82, 2.24) is 14.8 Å². The van der Waals surface area contributed by atoms with Gasteiger partial charge in [-0.15, -0.1) is 0 Å². The summed E-state index contributed by atoms with van der Waals surface area (Å²) in [5.74, 6) is 0.719. The molecule has 2 heterocycles. The maximum atomic E-state index is 13.1. The van der Waals surface area contributed by atoms with E-state index in [1.807, 2.05) is 24.3 Å². The monoisotopic (exact) mass is 328 g/mol. The Morgan fingerprint density at radius 3 is 2.60 bits per heavy atom. The maximum Gasteiger partial charge on any atom is 0.226 e. The fourth-order valence-corrected chi connectivity index (χ4v) is 3.70. The van der Waals surface area contributed by atoms with Crippen LogP contribution in [0.3, 0.4) is 0 Å². The van der Waals surface area contributed by atoms with Gasteiger partial charge in [-0.2, -0.15) is 10.1 Å². The summed E-state index contributed by atoms with van der Waals surface area (Å²) in [5.41, 5.74) is 5.58. The van der Waals surface area contributed by atoms with Gasteiger partial charge in [0, 0.05) is 11.1 Å². The van der Waals surface area contributed by atoms with Crippen LogP contribution >= 0.6 is 0 Å². The molecule has 1 N–H and O–H groups in total. The molecule has 0 radical (unpaired) electrons. The Balaban J connectivity index is 1.73. The van der Waals surface area contributed by atoms with E-state index in [1.54, 1.807) is 4.68 Å². The lowest BCUT2D eigenvalue weighted by Crippen LogP contribution is -2.25. The molecule has 122 valence electrons. The van der Waals surface area contributed by atoms with Gasteiger partial charge in [0.1, 0.15) is 12.4 Å². The van der Waals surface area contributed by atoms with Crippen molar-refractivity contribution in [1.29, 1.82) is 0 Å². The highest BCUT2D eigenvalue weighted by Crippen LogP contribution is 2.44. The van der Waals surface area contributed by atoms with Gasteiger partial charge in [-0.3, -0.25) is 4.79 Å². The van der Waals surface area contributed by atoms with Crippen molar-refractivity contribution >= 4 is 17.4 Å². The Morgan fingerprint density at radius 2 is 1.84 bits per heavy atom. The number of Topliss-reactive ketones (excluding diaryl/α,β-unsaturated/α-hetero) is 1. The number of fused-ring (bicyclic) bond motifs is 3. The van der Waals surface area contributed by atoms with Gasteiger partial charge in [0.25, 0.3) is 0 Å². The molecule has 0 fully saturated rings. The number of anilines is 1. The van der Waals surface area contributed by atoms with Crippen LogP contribution < -0.4 is 5.32 Å². The largest absolute Gasteiger partial charge is 0.323 e. The lowest BCUT2D eigenvalue weighted by atomic mass is 9.93. The molecule has 0 saturated carbocycles. The first-order chi connectivity index (χ1) is 12.3. The van der Waals surface area contributed by atoms with Crippen LogP contribution in [0.4, 0.5) is 5.95 Å². The Morgan fingerprint density at radius 1 is 1.08 bits per heavy atom. The Labute approximate surface area is 145 Å². The molecule has 0 bridgehead atoms. The molecule has 2 aromatic carbocycles. The number of hydrogen-bond donors (Lipinski definition) is 1. The summed E-state index contributed by atoms with van der Waals surface area (Å²) in [4.78, 5) is 17.4. The average molecular weight is 328 g/mol. The van der Waals surface area contributed by atoms with E-state index in [2.05, 4.69) is 46.6 Å². The van der Waals surface area contributed by atoms with Gasteiger partial charge in [-0.25, -0.2) is 4.68 Å². The van der Waals surface area contributed by atoms with Gasteiger partial charge in [0.2, 0.25) is 5.95 Å². The summed E-state index contributed by atoms with van der Waals surface area (Å²) in [5, 5.41) is 7.67. The number of benzene rings is 2. The van der Waals surface area contributed by atoms with Crippen molar-refractivity contribution in [2.75, 3.05) is 5.32 Å². The number of allylic oxidation sites excluding steroid dienone is 1. The third kappa shape index (κ3) is 1.92. The highest BCUT2D eigenvalue weighted by molar-refractivity contribution is 6.23. The summed E-state index contributed by atoms with van der Waals surface area (Å²) in [6.07, 6.45) is 2.51. The normalized spacial score (nSPS) is 17.8. The number of nitrogens with zero attached hydrogens (tertiary/aromatic N) is 3. The minimum absolute atomic E-state index is 0.0591. The summed E-state index contributed by atoms with van der Waals surface area (Å²) in [6.45, 7) is 2.13. The van der Waals surface area contributed by atoms with E-state index in [0.717, 1.165) is 34.4 Å². The first-order valence-electron chi connectivity index (χ1n) is 8.41. The van der Waals surface area contributed by atoms with Gasteiger partial charge in [0.05, 0.1) is 11.3 Å². The molecule has 1 aromatic heterocycles. The van der Waals surface area contributed by atoms with Crippen LogP contribution in [0.25, 0.3) is 5.70 Å². The second-order valence-electron chi connectivity index (χ2n) is 6.31. The van der Waals surface area contributed by atoms with E-state index in [4.69, 9.17) is 0 Å². The quantitative estimate of drug-likeness (QED) is 0.782. The molecule has 3 aromatic rings. The number of carbonyl (C=O) groups is 1. The maximum absolute atomic E-state index is 13.1. The molecule has 5 rings (SSSR count). The number of ketones is 1. The van der Waals surface area contributed by atoms with Crippen molar-refractivity contribution in [3.8, 4) is 0 Å². The third-order valence-electron chi connectivity index (χ3n) is 4.99. The van der Waals surface area contributed by atoms with Crippen LogP contribution in [0.5, 0.6) is 0 Å². The van der Waals surface area contributed by atoms with E-state index >= 15 is 0 Å². The standard InChI is InChI=1S/C20H16N4O/c1-2-12-7-9-13(10-8-12)18-16-17(23-20-21-11-22-24(18)20)14-5-3-4-6-15(14)19(16)25/h3-11,18H,2H2,1H3,(H,21,22,23)/t18-/m0/s1. The molecule has 5 nitrogen and oxygen atoms in total. The molecule has 5 heteroatoms. The molecule has 0 unspecified atom stereocenters. The van der Waals surface area contributed by atoms with Gasteiger partial charge < -0.3 is 5.32 Å². The minimum atomic E-state index is -0.264. The van der Waals surface area contributed by atoms with Crippen molar-refractivity contribution in [2.24, 2.45) is 0 Å². The van der Waals surface area contributed by atoms with E-state index in [-0.39, 0.29) is 11.8 Å². The zero-order chi connectivity index (χ0) is 17.0. The Hall–Kier alpha value is -3.21. The summed E-state index contributed by atoms with van der Waals surface area (Å²) in [7, 11) is 0. The zero-order valence-electron chi connectivity index (χ0n) is 13.7. The molecule has 0 spiro atoms. The first-order valence-corrected chi connectivity index (χ1v) is 8.41. The smallest absolute Gasteiger partial charge is 0.226 e. The average Bonchev–Trinajstić information content (AvgIpc) is 3.24. The van der Waals surface area contributed by atoms with Crippen molar-refractivity contribution < 1.29 is 4.79 Å². The highest BCUT2D eigenvalue weighted by atomic mass is 16.1. The SMILES string of the molecule is CCc1ccc([C@H]2C3=C(Nc4ncnn42)c2ccccc2C3=O)cc1. The van der Waals surface area contributed by atoms with Gasteiger partial charge >= 0.3 is 0 Å². The highest BCUT2D eigenvalue weighted by Gasteiger charge is 2.40. The fourth-order valence-electron chi connectivity index (χ4n) is 3.70. The van der Waals surface area contributed by atoms with Crippen molar-refractivity contribution in [3.63, 3.8) is 0 Å². The van der Waals surface area contributed by atoms with E-state index in [9.17, 15) is 4.79 Å². The molecule has 0 saturated heterocycles. The number of rotatable bonds is 2. The Kier molecular flexibility index (Phi) is 2.91. The zero-order valence-corrected chi connectivity index (χ0v) is 13.7. The molecule has 1 aliphatic heterocycles. The van der Waals surface area contributed by atoms with Crippen LogP contribution in [0.1, 0.15) is 40.0 Å². The number of aromatic nitrogens is 3. The van der Waals surface area contributed by atoms with Crippen molar-refractivity contribution in [3.05, 3.63) is 82.7 Å².